The molecule has 3 heteroatoms. The van der Waals surface area contributed by atoms with Crippen molar-refractivity contribution in [3.63, 3.8) is 0 Å². The van der Waals surface area contributed by atoms with E-state index in [1.165, 1.54) is 56.8 Å². The van der Waals surface area contributed by atoms with E-state index in [1.807, 2.05) is 0 Å². The van der Waals surface area contributed by atoms with Crippen LogP contribution in [-0.4, -0.2) is 59.1 Å². The molecule has 0 amide bonds. The molecule has 2 nitrogen and oxygen atoms in total. The van der Waals surface area contributed by atoms with Gasteiger partial charge in [0.15, 0.2) is 0 Å². The predicted molar refractivity (Wildman–Crippen MR) is 80.3 cm³/mol. The first kappa shape index (κ1) is 13.3. The lowest BCUT2D eigenvalue weighted by atomic mass is 9.94. The van der Waals surface area contributed by atoms with Crippen LogP contribution in [0.5, 0.6) is 0 Å². The van der Waals surface area contributed by atoms with E-state index in [2.05, 4.69) is 35.4 Å². The zero-order valence-electron chi connectivity index (χ0n) is 12.0. The van der Waals surface area contributed by atoms with Crippen LogP contribution in [-0.2, 0) is 0 Å². The molecular weight excluding hydrogens is 240 g/mol. The van der Waals surface area contributed by atoms with Gasteiger partial charge in [-0.15, -0.1) is 0 Å². The summed E-state index contributed by atoms with van der Waals surface area (Å²) in [6, 6.07) is 2.59. The van der Waals surface area contributed by atoms with Gasteiger partial charge >= 0.3 is 0 Å². The quantitative estimate of drug-likeness (QED) is 0.760. The lowest BCUT2D eigenvalue weighted by Gasteiger charge is -2.49. The van der Waals surface area contributed by atoms with E-state index in [9.17, 15) is 0 Å². The molecule has 104 valence electrons. The Morgan fingerprint density at radius 2 is 1.78 bits per heavy atom. The molecule has 3 aliphatic heterocycles. The Labute approximate surface area is 116 Å². The molecule has 3 fully saturated rings. The highest BCUT2D eigenvalue weighted by molar-refractivity contribution is 7.99. The maximum absolute atomic E-state index is 2.91. The number of hydrogen-bond acceptors (Lipinski definition) is 3. The Balaban J connectivity index is 1.71. The largest absolute Gasteiger partial charge is 0.298 e. The Morgan fingerprint density at radius 1 is 1.00 bits per heavy atom. The fourth-order valence-electron chi connectivity index (χ4n) is 4.10. The zero-order chi connectivity index (χ0) is 12.5. The van der Waals surface area contributed by atoms with E-state index in [4.69, 9.17) is 0 Å². The molecule has 3 aliphatic rings. The second-order valence-electron chi connectivity index (χ2n) is 6.64. The van der Waals surface area contributed by atoms with Crippen molar-refractivity contribution in [2.75, 3.05) is 31.1 Å². The van der Waals surface area contributed by atoms with Crippen molar-refractivity contribution in [2.45, 2.75) is 57.7 Å². The average Bonchev–Trinajstić information content (AvgIpc) is 2.85. The smallest absolute Gasteiger partial charge is 0.0249 e. The van der Waals surface area contributed by atoms with Gasteiger partial charge in [-0.25, -0.2) is 0 Å². The van der Waals surface area contributed by atoms with Crippen LogP contribution in [0.25, 0.3) is 0 Å². The SMILES string of the molecule is CC(C)C1CN2CCCC2CN1C1CCSCC1. The number of thioether (sulfide) groups is 1. The molecule has 3 saturated heterocycles. The van der Waals surface area contributed by atoms with Crippen molar-refractivity contribution >= 4 is 11.8 Å². The van der Waals surface area contributed by atoms with Crippen LogP contribution < -0.4 is 0 Å². The van der Waals surface area contributed by atoms with Gasteiger partial charge in [-0.2, -0.15) is 11.8 Å². The molecule has 3 heterocycles. The third-order valence-corrected chi connectivity index (χ3v) is 6.25. The van der Waals surface area contributed by atoms with Crippen LogP contribution in [0.15, 0.2) is 0 Å². The fourth-order valence-corrected chi connectivity index (χ4v) is 5.18. The molecule has 0 bridgehead atoms. The Morgan fingerprint density at radius 3 is 2.50 bits per heavy atom. The number of piperazine rings is 1. The first-order valence-corrected chi connectivity index (χ1v) is 8.98. The van der Waals surface area contributed by atoms with Gasteiger partial charge < -0.3 is 0 Å². The summed E-state index contributed by atoms with van der Waals surface area (Å²) >= 11 is 2.15. The van der Waals surface area contributed by atoms with Crippen molar-refractivity contribution in [1.29, 1.82) is 0 Å². The maximum Gasteiger partial charge on any atom is 0.0249 e. The summed E-state index contributed by atoms with van der Waals surface area (Å²) in [6.07, 6.45) is 5.74. The first-order valence-electron chi connectivity index (χ1n) is 7.83. The standard InChI is InChI=1S/C15H28N2S/c1-12(2)15-11-16-7-3-4-14(16)10-17(15)13-5-8-18-9-6-13/h12-15H,3-11H2,1-2H3. The highest BCUT2D eigenvalue weighted by atomic mass is 32.2. The van der Waals surface area contributed by atoms with Crippen LogP contribution in [0.4, 0.5) is 0 Å². The number of fused-ring (bicyclic) bond motifs is 1. The maximum atomic E-state index is 2.91. The number of nitrogens with zero attached hydrogens (tertiary/aromatic N) is 2. The highest BCUT2D eigenvalue weighted by Crippen LogP contribution is 2.32. The molecule has 0 saturated carbocycles. The molecule has 0 aliphatic carbocycles. The normalized spacial score (nSPS) is 36.2. The average molecular weight is 268 g/mol. The fraction of sp³-hybridized carbons (Fsp3) is 1.00. The summed E-state index contributed by atoms with van der Waals surface area (Å²) in [6.45, 7) is 8.91. The summed E-state index contributed by atoms with van der Waals surface area (Å²) in [5.41, 5.74) is 0. The first-order chi connectivity index (χ1) is 8.75. The Kier molecular flexibility index (Phi) is 4.21. The lowest BCUT2D eigenvalue weighted by molar-refractivity contribution is -0.00219. The van der Waals surface area contributed by atoms with E-state index in [0.29, 0.717) is 0 Å². The summed E-state index contributed by atoms with van der Waals surface area (Å²) < 4.78 is 0. The van der Waals surface area contributed by atoms with Crippen LogP contribution in [0.2, 0.25) is 0 Å². The summed E-state index contributed by atoms with van der Waals surface area (Å²) in [5, 5.41) is 0. The van der Waals surface area contributed by atoms with Crippen molar-refractivity contribution in [3.8, 4) is 0 Å². The van der Waals surface area contributed by atoms with Crippen LogP contribution in [0, 0.1) is 5.92 Å². The van der Waals surface area contributed by atoms with Crippen molar-refractivity contribution in [1.82, 2.24) is 9.80 Å². The molecule has 0 aromatic carbocycles. The Hall–Kier alpha value is 0.270. The van der Waals surface area contributed by atoms with E-state index >= 15 is 0 Å². The van der Waals surface area contributed by atoms with Crippen LogP contribution >= 0.6 is 11.8 Å². The van der Waals surface area contributed by atoms with Crippen molar-refractivity contribution < 1.29 is 0 Å². The summed E-state index contributed by atoms with van der Waals surface area (Å²) in [4.78, 5) is 5.69. The molecule has 0 aromatic rings. The van der Waals surface area contributed by atoms with Crippen LogP contribution in [0.3, 0.4) is 0 Å². The number of hydrogen-bond donors (Lipinski definition) is 0. The molecular formula is C15H28N2S. The predicted octanol–water partition coefficient (Wildman–Crippen LogP) is 2.69. The van der Waals surface area contributed by atoms with E-state index < -0.39 is 0 Å². The molecule has 2 unspecified atom stereocenters. The van der Waals surface area contributed by atoms with E-state index in [1.54, 1.807) is 0 Å². The topological polar surface area (TPSA) is 6.48 Å². The molecule has 2 atom stereocenters. The van der Waals surface area contributed by atoms with Gasteiger partial charge in [0.05, 0.1) is 0 Å². The van der Waals surface area contributed by atoms with Crippen molar-refractivity contribution in [3.05, 3.63) is 0 Å². The minimum absolute atomic E-state index is 0.807. The molecule has 0 aromatic heterocycles. The monoisotopic (exact) mass is 268 g/mol. The molecule has 0 spiro atoms. The third kappa shape index (κ3) is 2.59. The van der Waals surface area contributed by atoms with Gasteiger partial charge in [0.25, 0.3) is 0 Å². The number of rotatable bonds is 2. The molecule has 0 N–H and O–H groups in total. The van der Waals surface area contributed by atoms with Crippen LogP contribution in [0.1, 0.15) is 39.5 Å². The minimum atomic E-state index is 0.807. The van der Waals surface area contributed by atoms with Gasteiger partial charge in [0.1, 0.15) is 0 Å². The Bertz CT molecular complexity index is 276. The minimum Gasteiger partial charge on any atom is -0.298 e. The van der Waals surface area contributed by atoms with E-state index in [0.717, 1.165) is 24.0 Å². The van der Waals surface area contributed by atoms with Gasteiger partial charge in [-0.1, -0.05) is 13.8 Å². The van der Waals surface area contributed by atoms with E-state index in [-0.39, 0.29) is 0 Å². The zero-order valence-corrected chi connectivity index (χ0v) is 12.8. The summed E-state index contributed by atoms with van der Waals surface area (Å²) in [5.74, 6) is 3.59. The molecule has 3 rings (SSSR count). The lowest BCUT2D eigenvalue weighted by Crippen LogP contribution is -2.61. The third-order valence-electron chi connectivity index (χ3n) is 5.20. The van der Waals surface area contributed by atoms with Crippen molar-refractivity contribution in [2.24, 2.45) is 5.92 Å². The van der Waals surface area contributed by atoms with Gasteiger partial charge in [-0.05, 0) is 49.7 Å². The second kappa shape index (κ2) is 5.72. The second-order valence-corrected chi connectivity index (χ2v) is 7.87. The summed E-state index contributed by atoms with van der Waals surface area (Å²) in [7, 11) is 0. The van der Waals surface area contributed by atoms with Gasteiger partial charge in [-0.3, -0.25) is 9.80 Å². The van der Waals surface area contributed by atoms with Gasteiger partial charge in [0, 0.05) is 31.2 Å². The highest BCUT2D eigenvalue weighted by Gasteiger charge is 2.40. The molecule has 0 radical (unpaired) electrons. The van der Waals surface area contributed by atoms with Gasteiger partial charge in [0.2, 0.25) is 0 Å². The molecule has 18 heavy (non-hydrogen) atoms.